The Morgan fingerprint density at radius 2 is 1.76 bits per heavy atom. The molecule has 0 heterocycles. The number of ether oxygens (including phenoxy) is 2. The molecule has 0 aliphatic carbocycles. The summed E-state index contributed by atoms with van der Waals surface area (Å²) in [6, 6.07) is 14.0. The second kappa shape index (κ2) is 7.64. The zero-order chi connectivity index (χ0) is 15.1. The molecule has 0 aromatic heterocycles. The largest absolute Gasteiger partial charge is 0.493 e. The molecule has 110 valence electrons. The maximum atomic E-state index is 10.7. The molecule has 0 unspecified atom stereocenters. The van der Waals surface area contributed by atoms with E-state index in [1.54, 1.807) is 6.07 Å². The van der Waals surface area contributed by atoms with Gasteiger partial charge in [-0.2, -0.15) is 0 Å². The first-order valence-corrected chi connectivity index (χ1v) is 7.21. The van der Waals surface area contributed by atoms with Crippen molar-refractivity contribution in [3.8, 4) is 11.5 Å². The van der Waals surface area contributed by atoms with Crippen molar-refractivity contribution in [1.29, 1.82) is 0 Å². The third kappa shape index (κ3) is 4.75. The fourth-order valence-electron chi connectivity index (χ4n) is 1.66. The first kappa shape index (κ1) is 15.3. The molecule has 0 saturated heterocycles. The summed E-state index contributed by atoms with van der Waals surface area (Å²) in [5, 5.41) is 10.7. The third-order valence-corrected chi connectivity index (χ3v) is 3.34. The molecule has 21 heavy (non-hydrogen) atoms. The van der Waals surface area contributed by atoms with Crippen molar-refractivity contribution in [2.75, 3.05) is 13.2 Å². The number of nitro benzene ring substituents is 1. The number of nitrogens with zero attached hydrogens (tertiary/aromatic N) is 1. The van der Waals surface area contributed by atoms with Crippen LogP contribution in [0.4, 0.5) is 5.69 Å². The van der Waals surface area contributed by atoms with Gasteiger partial charge in [-0.3, -0.25) is 10.1 Å². The van der Waals surface area contributed by atoms with Gasteiger partial charge in [-0.25, -0.2) is 0 Å². The second-order valence-electron chi connectivity index (χ2n) is 4.24. The molecule has 0 N–H and O–H groups in total. The van der Waals surface area contributed by atoms with Crippen molar-refractivity contribution >= 4 is 21.6 Å². The first-order chi connectivity index (χ1) is 10.2. The van der Waals surface area contributed by atoms with Crippen LogP contribution in [0, 0.1) is 10.1 Å². The summed E-state index contributed by atoms with van der Waals surface area (Å²) in [5.41, 5.74) is 0.00809. The van der Waals surface area contributed by atoms with Crippen LogP contribution in [0.3, 0.4) is 0 Å². The van der Waals surface area contributed by atoms with E-state index in [-0.39, 0.29) is 5.69 Å². The Hall–Kier alpha value is -2.08. The predicted octanol–water partition coefficient (Wildman–Crippen LogP) is 4.21. The topological polar surface area (TPSA) is 61.6 Å². The van der Waals surface area contributed by atoms with Crippen LogP contribution < -0.4 is 9.47 Å². The maximum absolute atomic E-state index is 10.7. The fraction of sp³-hybridized carbons (Fsp3) is 0.200. The van der Waals surface area contributed by atoms with Gasteiger partial charge in [0, 0.05) is 12.5 Å². The molecule has 0 amide bonds. The van der Waals surface area contributed by atoms with Crippen LogP contribution in [0.5, 0.6) is 11.5 Å². The van der Waals surface area contributed by atoms with Crippen molar-refractivity contribution < 1.29 is 14.4 Å². The van der Waals surface area contributed by atoms with E-state index in [4.69, 9.17) is 9.47 Å². The van der Waals surface area contributed by atoms with E-state index < -0.39 is 4.92 Å². The van der Waals surface area contributed by atoms with Crippen molar-refractivity contribution in [2.24, 2.45) is 0 Å². The van der Waals surface area contributed by atoms with Gasteiger partial charge in [0.25, 0.3) is 5.69 Å². The monoisotopic (exact) mass is 351 g/mol. The molecule has 0 saturated carbocycles. The molecular weight excluding hydrogens is 338 g/mol. The summed E-state index contributed by atoms with van der Waals surface area (Å²) in [4.78, 5) is 10.3. The Balaban J connectivity index is 1.78. The standard InChI is InChI=1S/C15H14BrNO4/c16-14-8-7-12(17(18)19)11-15(14)21-10-4-9-20-13-5-2-1-3-6-13/h1-3,5-8,11H,4,9-10H2. The van der Waals surface area contributed by atoms with Crippen molar-refractivity contribution in [1.82, 2.24) is 0 Å². The molecular formula is C15H14BrNO4. The minimum absolute atomic E-state index is 0.00809. The minimum Gasteiger partial charge on any atom is -0.493 e. The van der Waals surface area contributed by atoms with E-state index in [0.717, 1.165) is 5.75 Å². The van der Waals surface area contributed by atoms with Crippen LogP contribution in [-0.2, 0) is 0 Å². The average molecular weight is 352 g/mol. The van der Waals surface area contributed by atoms with E-state index in [9.17, 15) is 10.1 Å². The SMILES string of the molecule is O=[N+]([O-])c1ccc(Br)c(OCCCOc2ccccc2)c1. The van der Waals surface area contributed by atoms with Crippen LogP contribution in [0.1, 0.15) is 6.42 Å². The van der Waals surface area contributed by atoms with Gasteiger partial charge in [0.1, 0.15) is 11.5 Å². The van der Waals surface area contributed by atoms with Gasteiger partial charge < -0.3 is 9.47 Å². The van der Waals surface area contributed by atoms with E-state index in [1.807, 2.05) is 30.3 Å². The Bertz CT molecular complexity index is 604. The lowest BCUT2D eigenvalue weighted by Crippen LogP contribution is -2.05. The van der Waals surface area contributed by atoms with Gasteiger partial charge >= 0.3 is 0 Å². The molecule has 2 aromatic carbocycles. The summed E-state index contributed by atoms with van der Waals surface area (Å²) in [6.07, 6.45) is 0.685. The molecule has 0 atom stereocenters. The quantitative estimate of drug-likeness (QED) is 0.426. The molecule has 0 radical (unpaired) electrons. The number of non-ortho nitro benzene ring substituents is 1. The van der Waals surface area contributed by atoms with Crippen LogP contribution >= 0.6 is 15.9 Å². The summed E-state index contributed by atoms with van der Waals surface area (Å²) < 4.78 is 11.8. The summed E-state index contributed by atoms with van der Waals surface area (Å²) >= 11 is 3.31. The average Bonchev–Trinajstić information content (AvgIpc) is 2.49. The molecule has 0 aliphatic rings. The van der Waals surface area contributed by atoms with Gasteiger partial charge in [0.05, 0.1) is 28.7 Å². The normalized spacial score (nSPS) is 10.1. The fourth-order valence-corrected chi connectivity index (χ4v) is 2.03. The summed E-state index contributed by atoms with van der Waals surface area (Å²) in [6.45, 7) is 0.948. The van der Waals surface area contributed by atoms with Crippen molar-refractivity contribution in [3.05, 3.63) is 63.1 Å². The van der Waals surface area contributed by atoms with E-state index in [1.165, 1.54) is 12.1 Å². The van der Waals surface area contributed by atoms with E-state index in [0.29, 0.717) is 29.9 Å². The number of benzene rings is 2. The molecule has 2 rings (SSSR count). The number of hydrogen-bond acceptors (Lipinski definition) is 4. The van der Waals surface area contributed by atoms with Crippen molar-refractivity contribution in [2.45, 2.75) is 6.42 Å². The number of nitro groups is 1. The molecule has 0 fully saturated rings. The van der Waals surface area contributed by atoms with Crippen LogP contribution in [-0.4, -0.2) is 18.1 Å². The van der Waals surface area contributed by atoms with Crippen LogP contribution in [0.25, 0.3) is 0 Å². The van der Waals surface area contributed by atoms with Crippen molar-refractivity contribution in [3.63, 3.8) is 0 Å². The molecule has 0 spiro atoms. The zero-order valence-corrected chi connectivity index (χ0v) is 12.8. The Morgan fingerprint density at radius 1 is 1.05 bits per heavy atom. The van der Waals surface area contributed by atoms with E-state index in [2.05, 4.69) is 15.9 Å². The van der Waals surface area contributed by atoms with Gasteiger partial charge in [0.15, 0.2) is 0 Å². The maximum Gasteiger partial charge on any atom is 0.273 e. The smallest absolute Gasteiger partial charge is 0.273 e. The Kier molecular flexibility index (Phi) is 5.57. The predicted molar refractivity (Wildman–Crippen MR) is 82.8 cm³/mol. The van der Waals surface area contributed by atoms with Crippen LogP contribution in [0.2, 0.25) is 0 Å². The lowest BCUT2D eigenvalue weighted by molar-refractivity contribution is -0.385. The number of hydrogen-bond donors (Lipinski definition) is 0. The highest BCUT2D eigenvalue weighted by molar-refractivity contribution is 9.10. The van der Waals surface area contributed by atoms with Gasteiger partial charge in [-0.1, -0.05) is 18.2 Å². The molecule has 0 aliphatic heterocycles. The van der Waals surface area contributed by atoms with E-state index >= 15 is 0 Å². The first-order valence-electron chi connectivity index (χ1n) is 6.41. The molecule has 0 bridgehead atoms. The number of rotatable bonds is 7. The summed E-state index contributed by atoms with van der Waals surface area (Å²) in [5.74, 6) is 1.28. The molecule has 6 heteroatoms. The zero-order valence-electron chi connectivity index (χ0n) is 11.2. The van der Waals surface area contributed by atoms with Gasteiger partial charge in [-0.05, 0) is 34.1 Å². The molecule has 2 aromatic rings. The Morgan fingerprint density at radius 3 is 2.48 bits per heavy atom. The highest BCUT2D eigenvalue weighted by Gasteiger charge is 2.10. The lowest BCUT2D eigenvalue weighted by atomic mass is 10.3. The van der Waals surface area contributed by atoms with Gasteiger partial charge in [0.2, 0.25) is 0 Å². The highest BCUT2D eigenvalue weighted by atomic mass is 79.9. The number of para-hydroxylation sites is 1. The molecule has 5 nitrogen and oxygen atoms in total. The summed E-state index contributed by atoms with van der Waals surface area (Å²) in [7, 11) is 0. The lowest BCUT2D eigenvalue weighted by Gasteiger charge is -2.09. The van der Waals surface area contributed by atoms with Gasteiger partial charge in [-0.15, -0.1) is 0 Å². The minimum atomic E-state index is -0.447. The second-order valence-corrected chi connectivity index (χ2v) is 5.09. The number of halogens is 1. The highest BCUT2D eigenvalue weighted by Crippen LogP contribution is 2.29. The van der Waals surface area contributed by atoms with Crippen LogP contribution in [0.15, 0.2) is 53.0 Å². The Labute approximate surface area is 130 Å². The third-order valence-electron chi connectivity index (χ3n) is 2.68.